The summed E-state index contributed by atoms with van der Waals surface area (Å²) in [6, 6.07) is 6.69. The van der Waals surface area contributed by atoms with Crippen LogP contribution in [0.1, 0.15) is 11.4 Å². The monoisotopic (exact) mass is 310 g/mol. The van der Waals surface area contributed by atoms with Crippen molar-refractivity contribution >= 4 is 22.6 Å². The van der Waals surface area contributed by atoms with Gasteiger partial charge in [0.2, 0.25) is 0 Å². The van der Waals surface area contributed by atoms with Crippen molar-refractivity contribution in [1.29, 1.82) is 0 Å². The fourth-order valence-electron chi connectivity index (χ4n) is 2.29. The van der Waals surface area contributed by atoms with E-state index in [0.29, 0.717) is 22.6 Å². The van der Waals surface area contributed by atoms with Crippen molar-refractivity contribution in [2.24, 2.45) is 0 Å². The number of hydrogen-bond acceptors (Lipinski definition) is 1. The fourth-order valence-corrected chi connectivity index (χ4v) is 2.47. The lowest BCUT2D eigenvalue weighted by atomic mass is 10.2. The molecule has 0 saturated carbocycles. The Labute approximate surface area is 123 Å². The van der Waals surface area contributed by atoms with Gasteiger partial charge in [-0.25, -0.2) is 18.2 Å². The fraction of sp³-hybridized carbons (Fsp3) is 0.133. The predicted octanol–water partition coefficient (Wildman–Crippen LogP) is 4.49. The SMILES string of the molecule is Cc1cc(-n2c(CCl)nc3ccc(F)c(F)c32)ccc1F. The van der Waals surface area contributed by atoms with Gasteiger partial charge in [0.05, 0.1) is 11.4 Å². The molecule has 0 unspecified atom stereocenters. The summed E-state index contributed by atoms with van der Waals surface area (Å²) in [5.41, 5.74) is 1.17. The van der Waals surface area contributed by atoms with E-state index in [1.165, 1.54) is 28.8 Å². The molecule has 1 aromatic heterocycles. The Kier molecular flexibility index (Phi) is 3.37. The molecule has 0 aliphatic carbocycles. The maximum atomic E-state index is 14.1. The summed E-state index contributed by atoms with van der Waals surface area (Å²) >= 11 is 5.84. The second-order valence-electron chi connectivity index (χ2n) is 4.66. The minimum atomic E-state index is -1.00. The molecule has 0 aliphatic rings. The summed E-state index contributed by atoms with van der Waals surface area (Å²) in [4.78, 5) is 4.19. The Morgan fingerprint density at radius 3 is 2.48 bits per heavy atom. The third-order valence-electron chi connectivity index (χ3n) is 3.30. The van der Waals surface area contributed by atoms with Crippen molar-refractivity contribution in [1.82, 2.24) is 9.55 Å². The maximum Gasteiger partial charge on any atom is 0.185 e. The van der Waals surface area contributed by atoms with Gasteiger partial charge in [0, 0.05) is 5.69 Å². The van der Waals surface area contributed by atoms with Crippen LogP contribution in [0.3, 0.4) is 0 Å². The molecule has 2 nitrogen and oxygen atoms in total. The van der Waals surface area contributed by atoms with Gasteiger partial charge in [-0.3, -0.25) is 4.57 Å². The van der Waals surface area contributed by atoms with Crippen LogP contribution in [0.25, 0.3) is 16.7 Å². The van der Waals surface area contributed by atoms with Gasteiger partial charge in [-0.05, 0) is 42.8 Å². The molecule has 0 fully saturated rings. The smallest absolute Gasteiger partial charge is 0.185 e. The van der Waals surface area contributed by atoms with E-state index in [9.17, 15) is 13.2 Å². The van der Waals surface area contributed by atoms with Crippen LogP contribution in [0.2, 0.25) is 0 Å². The summed E-state index contributed by atoms with van der Waals surface area (Å²) < 4.78 is 42.4. The molecule has 21 heavy (non-hydrogen) atoms. The predicted molar refractivity (Wildman–Crippen MR) is 75.2 cm³/mol. The molecule has 0 aliphatic heterocycles. The van der Waals surface area contributed by atoms with Gasteiger partial charge in [-0.2, -0.15) is 0 Å². The van der Waals surface area contributed by atoms with Crippen LogP contribution in [-0.2, 0) is 5.88 Å². The Bertz CT molecular complexity index is 843. The largest absolute Gasteiger partial charge is 0.293 e. The number of alkyl halides is 1. The molecule has 0 bridgehead atoms. The lowest BCUT2D eigenvalue weighted by Gasteiger charge is -2.09. The average molecular weight is 311 g/mol. The Morgan fingerprint density at radius 2 is 1.81 bits per heavy atom. The third kappa shape index (κ3) is 2.17. The zero-order valence-electron chi connectivity index (χ0n) is 11.0. The van der Waals surface area contributed by atoms with Crippen LogP contribution in [0, 0.1) is 24.4 Å². The molecule has 0 amide bonds. The van der Waals surface area contributed by atoms with Crippen LogP contribution in [0.4, 0.5) is 13.2 Å². The zero-order chi connectivity index (χ0) is 15.1. The van der Waals surface area contributed by atoms with Crippen molar-refractivity contribution in [3.05, 3.63) is 59.2 Å². The van der Waals surface area contributed by atoms with Gasteiger partial charge in [-0.15, -0.1) is 11.6 Å². The highest BCUT2D eigenvalue weighted by Crippen LogP contribution is 2.27. The number of halogens is 4. The first-order valence-electron chi connectivity index (χ1n) is 6.20. The molecular formula is C15H10ClF3N2. The normalized spacial score (nSPS) is 11.3. The van der Waals surface area contributed by atoms with Gasteiger partial charge >= 0.3 is 0 Å². The van der Waals surface area contributed by atoms with E-state index < -0.39 is 11.6 Å². The lowest BCUT2D eigenvalue weighted by Crippen LogP contribution is -2.02. The molecule has 0 saturated heterocycles. The van der Waals surface area contributed by atoms with Crippen LogP contribution in [0.5, 0.6) is 0 Å². The summed E-state index contributed by atoms with van der Waals surface area (Å²) in [5, 5.41) is 0. The number of aromatic nitrogens is 2. The van der Waals surface area contributed by atoms with Gasteiger partial charge in [-0.1, -0.05) is 0 Å². The van der Waals surface area contributed by atoms with Gasteiger partial charge in [0.15, 0.2) is 11.6 Å². The second kappa shape index (κ2) is 5.07. The first-order valence-corrected chi connectivity index (χ1v) is 6.74. The van der Waals surface area contributed by atoms with E-state index in [4.69, 9.17) is 11.6 Å². The quantitative estimate of drug-likeness (QED) is 0.638. The van der Waals surface area contributed by atoms with Crippen LogP contribution in [-0.4, -0.2) is 9.55 Å². The molecule has 2 aromatic carbocycles. The van der Waals surface area contributed by atoms with Crippen LogP contribution < -0.4 is 0 Å². The number of nitrogens with zero attached hydrogens (tertiary/aromatic N) is 2. The lowest BCUT2D eigenvalue weighted by molar-refractivity contribution is 0.514. The highest BCUT2D eigenvalue weighted by Gasteiger charge is 2.18. The van der Waals surface area contributed by atoms with Crippen molar-refractivity contribution < 1.29 is 13.2 Å². The Hall–Kier alpha value is -2.01. The molecular weight excluding hydrogens is 301 g/mol. The molecule has 6 heteroatoms. The number of fused-ring (bicyclic) bond motifs is 1. The molecule has 108 valence electrons. The topological polar surface area (TPSA) is 17.8 Å². The zero-order valence-corrected chi connectivity index (χ0v) is 11.8. The Balaban J connectivity index is 2.39. The molecule has 0 N–H and O–H groups in total. The molecule has 0 spiro atoms. The highest BCUT2D eigenvalue weighted by atomic mass is 35.5. The van der Waals surface area contributed by atoms with E-state index in [-0.39, 0.29) is 17.2 Å². The highest BCUT2D eigenvalue weighted by molar-refractivity contribution is 6.17. The minimum Gasteiger partial charge on any atom is -0.293 e. The van der Waals surface area contributed by atoms with E-state index in [1.54, 1.807) is 6.92 Å². The molecule has 0 atom stereocenters. The third-order valence-corrected chi connectivity index (χ3v) is 3.54. The Morgan fingerprint density at radius 1 is 1.10 bits per heavy atom. The van der Waals surface area contributed by atoms with Crippen molar-refractivity contribution in [3.63, 3.8) is 0 Å². The van der Waals surface area contributed by atoms with Gasteiger partial charge in [0.1, 0.15) is 17.2 Å². The van der Waals surface area contributed by atoms with E-state index in [0.717, 1.165) is 6.07 Å². The standard InChI is InChI=1S/C15H10ClF3N2/c1-8-6-9(2-3-10(8)17)21-13(7-16)20-12-5-4-11(18)14(19)15(12)21/h2-6H,7H2,1H3. The summed E-state index contributed by atoms with van der Waals surface area (Å²) in [6.07, 6.45) is 0. The first kappa shape index (κ1) is 13.9. The van der Waals surface area contributed by atoms with Gasteiger partial charge in [0.25, 0.3) is 0 Å². The minimum absolute atomic E-state index is 0.00309. The number of hydrogen-bond donors (Lipinski definition) is 0. The van der Waals surface area contributed by atoms with Crippen molar-refractivity contribution in [2.75, 3.05) is 0 Å². The number of imidazole rings is 1. The van der Waals surface area contributed by atoms with Crippen LogP contribution >= 0.6 is 11.6 Å². The first-order chi connectivity index (χ1) is 10.0. The number of benzene rings is 2. The molecule has 0 radical (unpaired) electrons. The summed E-state index contributed by atoms with van der Waals surface area (Å²) in [5.74, 6) is -1.96. The molecule has 3 rings (SSSR count). The van der Waals surface area contributed by atoms with Crippen molar-refractivity contribution in [2.45, 2.75) is 12.8 Å². The number of aryl methyl sites for hydroxylation is 1. The average Bonchev–Trinajstić information content (AvgIpc) is 2.85. The maximum absolute atomic E-state index is 14.1. The summed E-state index contributed by atoms with van der Waals surface area (Å²) in [7, 11) is 0. The number of rotatable bonds is 2. The van der Waals surface area contributed by atoms with E-state index in [2.05, 4.69) is 4.98 Å². The summed E-state index contributed by atoms with van der Waals surface area (Å²) in [6.45, 7) is 1.59. The van der Waals surface area contributed by atoms with Gasteiger partial charge < -0.3 is 0 Å². The molecule has 1 heterocycles. The van der Waals surface area contributed by atoms with E-state index >= 15 is 0 Å². The van der Waals surface area contributed by atoms with Crippen molar-refractivity contribution in [3.8, 4) is 5.69 Å². The van der Waals surface area contributed by atoms with Crippen LogP contribution in [0.15, 0.2) is 30.3 Å². The molecule has 3 aromatic rings. The van der Waals surface area contributed by atoms with E-state index in [1.807, 2.05) is 0 Å². The second-order valence-corrected chi connectivity index (χ2v) is 4.93.